The van der Waals surface area contributed by atoms with Crippen molar-refractivity contribution in [2.75, 3.05) is 12.4 Å². The van der Waals surface area contributed by atoms with Crippen LogP contribution in [0.3, 0.4) is 0 Å². The van der Waals surface area contributed by atoms with E-state index in [9.17, 15) is 4.79 Å². The third kappa shape index (κ3) is 1.67. The van der Waals surface area contributed by atoms with Crippen LogP contribution in [0.5, 0.6) is 0 Å². The second-order valence-corrected chi connectivity index (χ2v) is 4.15. The molecule has 0 aliphatic carbocycles. The third-order valence-corrected chi connectivity index (χ3v) is 3.01. The van der Waals surface area contributed by atoms with Crippen molar-refractivity contribution in [1.29, 1.82) is 0 Å². The lowest BCUT2D eigenvalue weighted by atomic mass is 10.2. The van der Waals surface area contributed by atoms with Gasteiger partial charge in [0.05, 0.1) is 12.1 Å². The molecule has 0 fully saturated rings. The molecule has 5 heteroatoms. The highest BCUT2D eigenvalue weighted by molar-refractivity contribution is 9.10. The van der Waals surface area contributed by atoms with E-state index < -0.39 is 5.97 Å². The second-order valence-electron chi connectivity index (χ2n) is 3.29. The first-order chi connectivity index (χ1) is 7.65. The van der Waals surface area contributed by atoms with Crippen molar-refractivity contribution in [3.8, 4) is 0 Å². The van der Waals surface area contributed by atoms with Crippen molar-refractivity contribution in [3.63, 3.8) is 0 Å². The molecule has 0 aliphatic heterocycles. The molecule has 0 radical (unpaired) electrons. The number of nitrogens with two attached hydrogens (primary N) is 1. The molecule has 0 atom stereocenters. The Morgan fingerprint density at radius 1 is 1.56 bits per heavy atom. The van der Waals surface area contributed by atoms with Gasteiger partial charge in [0.2, 0.25) is 0 Å². The summed E-state index contributed by atoms with van der Waals surface area (Å²) in [6, 6.07) is 7.34. The molecule has 0 bridgehead atoms. The van der Waals surface area contributed by atoms with Crippen LogP contribution in [-0.2, 0) is 4.74 Å². The SMILES string of the molecule is CCOC(=O)c1cc2c(Br)cccc2n1N. The maximum Gasteiger partial charge on any atom is 0.356 e. The summed E-state index contributed by atoms with van der Waals surface area (Å²) in [6.07, 6.45) is 0. The number of rotatable bonds is 2. The highest BCUT2D eigenvalue weighted by Gasteiger charge is 2.15. The van der Waals surface area contributed by atoms with E-state index in [1.807, 2.05) is 18.2 Å². The molecule has 2 N–H and O–H groups in total. The monoisotopic (exact) mass is 282 g/mol. The molecule has 0 amide bonds. The number of hydrogen-bond donors (Lipinski definition) is 1. The van der Waals surface area contributed by atoms with Crippen molar-refractivity contribution >= 4 is 32.8 Å². The Morgan fingerprint density at radius 2 is 2.31 bits per heavy atom. The quantitative estimate of drug-likeness (QED) is 0.679. The first kappa shape index (κ1) is 11.0. The summed E-state index contributed by atoms with van der Waals surface area (Å²) in [7, 11) is 0. The first-order valence-corrected chi connectivity index (χ1v) is 5.66. The van der Waals surface area contributed by atoms with Crippen molar-refractivity contribution in [1.82, 2.24) is 4.68 Å². The second kappa shape index (κ2) is 4.17. The average molecular weight is 283 g/mol. The first-order valence-electron chi connectivity index (χ1n) is 4.87. The summed E-state index contributed by atoms with van der Waals surface area (Å²) in [5, 5.41) is 0.896. The van der Waals surface area contributed by atoms with Crippen molar-refractivity contribution in [3.05, 3.63) is 34.4 Å². The number of carbonyl (C=O) groups excluding carboxylic acids is 1. The summed E-state index contributed by atoms with van der Waals surface area (Å²) < 4.78 is 7.17. The summed E-state index contributed by atoms with van der Waals surface area (Å²) >= 11 is 3.41. The zero-order valence-corrected chi connectivity index (χ0v) is 10.3. The number of nitrogens with zero attached hydrogens (tertiary/aromatic N) is 1. The molecule has 2 rings (SSSR count). The molecule has 0 saturated heterocycles. The minimum absolute atomic E-state index is 0.335. The van der Waals surface area contributed by atoms with Crippen LogP contribution in [0.4, 0.5) is 0 Å². The standard InChI is InChI=1S/C11H11BrN2O2/c1-2-16-11(15)10-6-7-8(12)4-3-5-9(7)14(10)13/h3-6H,2,13H2,1H3. The van der Waals surface area contributed by atoms with Gasteiger partial charge in [0.25, 0.3) is 0 Å². The van der Waals surface area contributed by atoms with Crippen LogP contribution in [0.2, 0.25) is 0 Å². The van der Waals surface area contributed by atoms with Gasteiger partial charge in [-0.25, -0.2) is 4.79 Å². The highest BCUT2D eigenvalue weighted by Crippen LogP contribution is 2.26. The van der Waals surface area contributed by atoms with Gasteiger partial charge in [-0.3, -0.25) is 4.68 Å². The molecule has 0 aliphatic rings. The Morgan fingerprint density at radius 3 is 2.94 bits per heavy atom. The van der Waals surface area contributed by atoms with Gasteiger partial charge >= 0.3 is 5.97 Å². The van der Waals surface area contributed by atoms with Crippen molar-refractivity contribution in [2.24, 2.45) is 0 Å². The van der Waals surface area contributed by atoms with E-state index in [0.717, 1.165) is 15.4 Å². The molecule has 0 saturated carbocycles. The summed E-state index contributed by atoms with van der Waals surface area (Å²) in [6.45, 7) is 2.10. The zero-order chi connectivity index (χ0) is 11.7. The molecule has 16 heavy (non-hydrogen) atoms. The zero-order valence-electron chi connectivity index (χ0n) is 8.74. The van der Waals surface area contributed by atoms with Gasteiger partial charge in [0.15, 0.2) is 0 Å². The number of halogens is 1. The Labute approximate surface area is 101 Å². The van der Waals surface area contributed by atoms with Gasteiger partial charge < -0.3 is 10.6 Å². The van der Waals surface area contributed by atoms with Crippen molar-refractivity contribution < 1.29 is 9.53 Å². The third-order valence-electron chi connectivity index (χ3n) is 2.31. The molecule has 2 aromatic rings. The topological polar surface area (TPSA) is 57.2 Å². The van der Waals surface area contributed by atoms with Crippen LogP contribution in [0.15, 0.2) is 28.7 Å². The van der Waals surface area contributed by atoms with Crippen LogP contribution >= 0.6 is 15.9 Å². The maximum absolute atomic E-state index is 11.6. The number of esters is 1. The van der Waals surface area contributed by atoms with E-state index in [1.165, 1.54) is 4.68 Å². The van der Waals surface area contributed by atoms with Gasteiger partial charge in [-0.1, -0.05) is 22.0 Å². The lowest BCUT2D eigenvalue weighted by molar-refractivity contribution is 0.0517. The predicted molar refractivity (Wildman–Crippen MR) is 65.7 cm³/mol. The van der Waals surface area contributed by atoms with E-state index in [0.29, 0.717) is 12.3 Å². The van der Waals surface area contributed by atoms with Gasteiger partial charge in [0.1, 0.15) is 5.69 Å². The molecular weight excluding hydrogens is 272 g/mol. The maximum atomic E-state index is 11.6. The molecule has 4 nitrogen and oxygen atoms in total. The fraction of sp³-hybridized carbons (Fsp3) is 0.182. The van der Waals surface area contributed by atoms with E-state index in [1.54, 1.807) is 13.0 Å². The largest absolute Gasteiger partial charge is 0.461 e. The fourth-order valence-electron chi connectivity index (χ4n) is 1.58. The Bertz CT molecular complexity index is 548. The molecule has 0 spiro atoms. The number of fused-ring (bicyclic) bond motifs is 1. The van der Waals surface area contributed by atoms with Crippen LogP contribution in [0.1, 0.15) is 17.4 Å². The van der Waals surface area contributed by atoms with Crippen LogP contribution in [0.25, 0.3) is 10.9 Å². The smallest absolute Gasteiger partial charge is 0.356 e. The number of nitrogen functional groups attached to an aromatic ring is 1. The lowest BCUT2D eigenvalue weighted by Crippen LogP contribution is -2.17. The van der Waals surface area contributed by atoms with Crippen LogP contribution in [0, 0.1) is 0 Å². The van der Waals surface area contributed by atoms with Crippen LogP contribution in [-0.4, -0.2) is 17.3 Å². The molecule has 1 aromatic heterocycles. The normalized spacial score (nSPS) is 10.6. The highest BCUT2D eigenvalue weighted by atomic mass is 79.9. The van der Waals surface area contributed by atoms with E-state index in [-0.39, 0.29) is 0 Å². The van der Waals surface area contributed by atoms with E-state index in [2.05, 4.69) is 15.9 Å². The van der Waals surface area contributed by atoms with Gasteiger partial charge in [0, 0.05) is 9.86 Å². The van der Waals surface area contributed by atoms with Gasteiger partial charge in [-0.15, -0.1) is 0 Å². The number of ether oxygens (including phenoxy) is 1. The van der Waals surface area contributed by atoms with E-state index >= 15 is 0 Å². The van der Waals surface area contributed by atoms with E-state index in [4.69, 9.17) is 10.6 Å². The number of benzene rings is 1. The molecule has 1 aromatic carbocycles. The number of carbonyl (C=O) groups is 1. The number of hydrogen-bond acceptors (Lipinski definition) is 3. The number of aromatic nitrogens is 1. The predicted octanol–water partition coefficient (Wildman–Crippen LogP) is 2.29. The van der Waals surface area contributed by atoms with Crippen molar-refractivity contribution in [2.45, 2.75) is 6.92 Å². The Kier molecular flexibility index (Phi) is 2.87. The minimum atomic E-state index is -0.409. The summed E-state index contributed by atoms with van der Waals surface area (Å²) in [5.41, 5.74) is 1.14. The summed E-state index contributed by atoms with van der Waals surface area (Å²) in [4.78, 5) is 11.6. The average Bonchev–Trinajstić information content (AvgIpc) is 2.59. The molecule has 1 heterocycles. The lowest BCUT2D eigenvalue weighted by Gasteiger charge is -2.03. The molecular formula is C11H11BrN2O2. The van der Waals surface area contributed by atoms with Gasteiger partial charge in [-0.2, -0.15) is 0 Å². The molecule has 84 valence electrons. The Balaban J connectivity index is 2.60. The Hall–Kier alpha value is -1.49. The summed E-state index contributed by atoms with van der Waals surface area (Å²) in [5.74, 6) is 5.42. The van der Waals surface area contributed by atoms with Crippen LogP contribution < -0.4 is 5.84 Å². The minimum Gasteiger partial charge on any atom is -0.461 e. The van der Waals surface area contributed by atoms with Gasteiger partial charge in [-0.05, 0) is 25.1 Å². The molecule has 0 unspecified atom stereocenters. The fourth-order valence-corrected chi connectivity index (χ4v) is 2.05.